The standard InChI is InChI=1S/C13H14N4O3S/c1-14-11-6-9(2-3-12(11)17(19)20)13(18)15-5-4-10-7-21-8-16-10/h2-3,6-8,14H,4-5H2,1H3,(H,15,18). The molecule has 0 aliphatic heterocycles. The molecule has 0 atom stereocenters. The van der Waals surface area contributed by atoms with E-state index >= 15 is 0 Å². The van der Waals surface area contributed by atoms with E-state index in [1.165, 1.54) is 29.5 Å². The van der Waals surface area contributed by atoms with Crippen molar-refractivity contribution >= 4 is 28.6 Å². The lowest BCUT2D eigenvalue weighted by atomic mass is 10.1. The number of anilines is 1. The van der Waals surface area contributed by atoms with Crippen LogP contribution in [0.5, 0.6) is 0 Å². The zero-order valence-electron chi connectivity index (χ0n) is 11.3. The number of hydrogen-bond donors (Lipinski definition) is 2. The average molecular weight is 306 g/mol. The number of aromatic nitrogens is 1. The lowest BCUT2D eigenvalue weighted by Gasteiger charge is -2.07. The molecule has 1 aromatic carbocycles. The molecule has 0 aliphatic rings. The molecule has 2 rings (SSSR count). The molecular formula is C13H14N4O3S. The molecule has 0 saturated heterocycles. The van der Waals surface area contributed by atoms with Crippen LogP contribution in [-0.2, 0) is 6.42 Å². The second-order valence-electron chi connectivity index (χ2n) is 4.22. The van der Waals surface area contributed by atoms with Crippen molar-refractivity contribution in [3.63, 3.8) is 0 Å². The fourth-order valence-electron chi connectivity index (χ4n) is 1.80. The molecular weight excluding hydrogens is 292 g/mol. The molecule has 1 heterocycles. The summed E-state index contributed by atoms with van der Waals surface area (Å²) in [6.07, 6.45) is 0.654. The van der Waals surface area contributed by atoms with Crippen molar-refractivity contribution < 1.29 is 9.72 Å². The van der Waals surface area contributed by atoms with Gasteiger partial charge in [-0.15, -0.1) is 11.3 Å². The molecule has 0 radical (unpaired) electrons. The first-order valence-electron chi connectivity index (χ1n) is 6.23. The molecule has 0 bridgehead atoms. The van der Waals surface area contributed by atoms with Crippen molar-refractivity contribution in [2.24, 2.45) is 0 Å². The molecule has 8 heteroatoms. The molecule has 1 aromatic heterocycles. The Balaban J connectivity index is 2.00. The first-order chi connectivity index (χ1) is 10.1. The van der Waals surface area contributed by atoms with Crippen LogP contribution in [0.1, 0.15) is 16.1 Å². The van der Waals surface area contributed by atoms with Crippen LogP contribution in [0.2, 0.25) is 0 Å². The number of benzene rings is 1. The Kier molecular flexibility index (Phi) is 4.83. The van der Waals surface area contributed by atoms with E-state index in [4.69, 9.17) is 0 Å². The molecule has 0 spiro atoms. The van der Waals surface area contributed by atoms with Gasteiger partial charge in [0.1, 0.15) is 5.69 Å². The first kappa shape index (κ1) is 14.9. The van der Waals surface area contributed by atoms with Gasteiger partial charge in [-0.3, -0.25) is 14.9 Å². The van der Waals surface area contributed by atoms with Gasteiger partial charge in [0, 0.05) is 37.0 Å². The molecule has 7 nitrogen and oxygen atoms in total. The maximum Gasteiger partial charge on any atom is 0.292 e. The fraction of sp³-hybridized carbons (Fsp3) is 0.231. The van der Waals surface area contributed by atoms with Crippen LogP contribution in [0.3, 0.4) is 0 Å². The summed E-state index contributed by atoms with van der Waals surface area (Å²) in [4.78, 5) is 26.5. The minimum Gasteiger partial charge on any atom is -0.383 e. The molecule has 0 aliphatic carbocycles. The number of amides is 1. The lowest BCUT2D eigenvalue weighted by Crippen LogP contribution is -2.25. The fourth-order valence-corrected chi connectivity index (χ4v) is 2.40. The summed E-state index contributed by atoms with van der Waals surface area (Å²) in [5, 5.41) is 18.2. The Hall–Kier alpha value is -2.48. The number of nitro benzene ring substituents is 1. The van der Waals surface area contributed by atoms with Crippen LogP contribution < -0.4 is 10.6 Å². The monoisotopic (exact) mass is 306 g/mol. The minimum atomic E-state index is -0.490. The molecule has 21 heavy (non-hydrogen) atoms. The van der Waals surface area contributed by atoms with Gasteiger partial charge in [-0.2, -0.15) is 0 Å². The third-order valence-corrected chi connectivity index (χ3v) is 3.51. The van der Waals surface area contributed by atoms with E-state index in [-0.39, 0.29) is 11.6 Å². The Labute approximate surface area is 125 Å². The van der Waals surface area contributed by atoms with Crippen molar-refractivity contribution in [3.8, 4) is 0 Å². The normalized spacial score (nSPS) is 10.1. The second-order valence-corrected chi connectivity index (χ2v) is 4.94. The summed E-state index contributed by atoms with van der Waals surface area (Å²) >= 11 is 1.51. The summed E-state index contributed by atoms with van der Waals surface area (Å²) in [5.41, 5.74) is 3.30. The summed E-state index contributed by atoms with van der Waals surface area (Å²) in [6, 6.07) is 4.23. The zero-order valence-corrected chi connectivity index (χ0v) is 12.1. The summed E-state index contributed by atoms with van der Waals surface area (Å²) in [7, 11) is 1.58. The average Bonchev–Trinajstić information content (AvgIpc) is 2.99. The third-order valence-electron chi connectivity index (χ3n) is 2.87. The number of carbonyl (C=O) groups is 1. The topological polar surface area (TPSA) is 97.2 Å². The maximum absolute atomic E-state index is 12.0. The lowest BCUT2D eigenvalue weighted by molar-refractivity contribution is -0.383. The van der Waals surface area contributed by atoms with Gasteiger partial charge in [0.2, 0.25) is 0 Å². The van der Waals surface area contributed by atoms with Crippen molar-refractivity contribution in [1.82, 2.24) is 10.3 Å². The smallest absolute Gasteiger partial charge is 0.292 e. The Morgan fingerprint density at radius 3 is 2.90 bits per heavy atom. The molecule has 2 aromatic rings. The van der Waals surface area contributed by atoms with Gasteiger partial charge in [0.05, 0.1) is 16.1 Å². The zero-order chi connectivity index (χ0) is 15.2. The largest absolute Gasteiger partial charge is 0.383 e. The highest BCUT2D eigenvalue weighted by atomic mass is 32.1. The van der Waals surface area contributed by atoms with Crippen molar-refractivity contribution in [2.75, 3.05) is 18.9 Å². The Morgan fingerprint density at radius 1 is 1.48 bits per heavy atom. The van der Waals surface area contributed by atoms with E-state index in [0.717, 1.165) is 5.69 Å². The number of nitrogens with zero attached hydrogens (tertiary/aromatic N) is 2. The highest BCUT2D eigenvalue weighted by Gasteiger charge is 2.15. The predicted molar refractivity (Wildman–Crippen MR) is 80.8 cm³/mol. The minimum absolute atomic E-state index is 0.0588. The highest BCUT2D eigenvalue weighted by molar-refractivity contribution is 7.07. The van der Waals surface area contributed by atoms with E-state index in [2.05, 4.69) is 15.6 Å². The molecule has 2 N–H and O–H groups in total. The van der Waals surface area contributed by atoms with Crippen LogP contribution in [0.15, 0.2) is 29.1 Å². The molecule has 110 valence electrons. The number of hydrogen-bond acceptors (Lipinski definition) is 6. The molecule has 0 fully saturated rings. The van der Waals surface area contributed by atoms with Gasteiger partial charge in [-0.1, -0.05) is 0 Å². The van der Waals surface area contributed by atoms with Gasteiger partial charge >= 0.3 is 0 Å². The summed E-state index contributed by atoms with van der Waals surface area (Å²) in [6.45, 7) is 0.467. The third kappa shape index (κ3) is 3.76. The maximum atomic E-state index is 12.0. The van der Waals surface area contributed by atoms with Crippen molar-refractivity contribution in [3.05, 3.63) is 50.5 Å². The summed E-state index contributed by atoms with van der Waals surface area (Å²) < 4.78 is 0. The Bertz CT molecular complexity index is 643. The van der Waals surface area contributed by atoms with Gasteiger partial charge < -0.3 is 10.6 Å². The van der Waals surface area contributed by atoms with Gasteiger partial charge in [0.15, 0.2) is 0 Å². The van der Waals surface area contributed by atoms with E-state index in [9.17, 15) is 14.9 Å². The number of rotatable bonds is 6. The number of nitrogens with one attached hydrogen (secondary N) is 2. The van der Waals surface area contributed by atoms with Crippen LogP contribution in [0.25, 0.3) is 0 Å². The van der Waals surface area contributed by atoms with E-state index in [1.807, 2.05) is 5.38 Å². The number of nitro groups is 1. The van der Waals surface area contributed by atoms with Crippen LogP contribution in [-0.4, -0.2) is 29.4 Å². The van der Waals surface area contributed by atoms with Crippen LogP contribution >= 0.6 is 11.3 Å². The molecule has 1 amide bonds. The molecule has 0 saturated carbocycles. The van der Waals surface area contributed by atoms with Gasteiger partial charge in [-0.25, -0.2) is 4.98 Å². The van der Waals surface area contributed by atoms with E-state index in [0.29, 0.717) is 24.2 Å². The Morgan fingerprint density at radius 2 is 2.29 bits per heavy atom. The predicted octanol–water partition coefficient (Wildman–Crippen LogP) is 2.07. The van der Waals surface area contributed by atoms with Gasteiger partial charge in [0.25, 0.3) is 11.6 Å². The number of carbonyl (C=O) groups excluding carboxylic acids is 1. The first-order valence-corrected chi connectivity index (χ1v) is 7.17. The quantitative estimate of drug-likeness (QED) is 0.629. The SMILES string of the molecule is CNc1cc(C(=O)NCCc2cscn2)ccc1[N+](=O)[O-]. The highest BCUT2D eigenvalue weighted by Crippen LogP contribution is 2.24. The van der Waals surface area contributed by atoms with E-state index in [1.54, 1.807) is 12.6 Å². The van der Waals surface area contributed by atoms with Crippen LogP contribution in [0, 0.1) is 10.1 Å². The summed E-state index contributed by atoms with van der Waals surface area (Å²) in [5.74, 6) is -0.267. The van der Waals surface area contributed by atoms with Crippen molar-refractivity contribution in [2.45, 2.75) is 6.42 Å². The number of thiazole rings is 1. The molecule has 0 unspecified atom stereocenters. The van der Waals surface area contributed by atoms with Crippen LogP contribution in [0.4, 0.5) is 11.4 Å². The van der Waals surface area contributed by atoms with Crippen molar-refractivity contribution in [1.29, 1.82) is 0 Å². The van der Waals surface area contributed by atoms with E-state index < -0.39 is 4.92 Å². The van der Waals surface area contributed by atoms with Gasteiger partial charge in [-0.05, 0) is 12.1 Å². The second kappa shape index (κ2) is 6.80.